The highest BCUT2D eigenvalue weighted by molar-refractivity contribution is 6.04. The molecule has 0 spiro atoms. The van der Waals surface area contributed by atoms with Gasteiger partial charge in [0.15, 0.2) is 6.04 Å². The fraction of sp³-hybridized carbons (Fsp3) is 0.182. The van der Waals surface area contributed by atoms with Gasteiger partial charge in [0.05, 0.1) is 11.8 Å². The van der Waals surface area contributed by atoms with Crippen molar-refractivity contribution in [2.45, 2.75) is 19.1 Å². The molecule has 0 saturated carbocycles. The first kappa shape index (κ1) is 20.9. The molecule has 1 amide bonds. The second kappa shape index (κ2) is 8.71. The van der Waals surface area contributed by atoms with Crippen molar-refractivity contribution in [1.82, 2.24) is 15.1 Å². The van der Waals surface area contributed by atoms with E-state index in [9.17, 15) is 24.6 Å². The third-order valence-electron chi connectivity index (χ3n) is 4.62. The van der Waals surface area contributed by atoms with Gasteiger partial charge >= 0.3 is 5.97 Å². The lowest BCUT2D eigenvalue weighted by Gasteiger charge is -2.19. The predicted octanol–water partition coefficient (Wildman–Crippen LogP) is 1.68. The minimum Gasteiger partial charge on any atom is -0.480 e. The lowest BCUT2D eigenvalue weighted by Crippen LogP contribution is -2.49. The number of aliphatic carboxylic acids is 1. The van der Waals surface area contributed by atoms with Crippen LogP contribution < -0.4 is 10.9 Å². The van der Waals surface area contributed by atoms with Crippen molar-refractivity contribution in [3.8, 4) is 22.4 Å². The fourth-order valence-corrected chi connectivity index (χ4v) is 3.13. The van der Waals surface area contributed by atoms with Crippen LogP contribution in [-0.4, -0.2) is 44.0 Å². The van der Waals surface area contributed by atoms with Gasteiger partial charge in [0.2, 0.25) is 0 Å². The first-order chi connectivity index (χ1) is 14.3. The molecule has 3 aromatic rings. The van der Waals surface area contributed by atoms with Crippen molar-refractivity contribution >= 4 is 11.9 Å². The quantitative estimate of drug-likeness (QED) is 0.572. The predicted molar refractivity (Wildman–Crippen MR) is 111 cm³/mol. The van der Waals surface area contributed by atoms with Gasteiger partial charge in [-0.15, -0.1) is 0 Å². The van der Waals surface area contributed by atoms with Crippen LogP contribution in [-0.2, 0) is 11.8 Å². The van der Waals surface area contributed by atoms with Gasteiger partial charge in [-0.25, -0.2) is 9.48 Å². The second-order valence-electron chi connectivity index (χ2n) is 6.79. The van der Waals surface area contributed by atoms with E-state index in [-0.39, 0.29) is 11.1 Å². The summed E-state index contributed by atoms with van der Waals surface area (Å²) in [5.41, 5.74) is 1.03. The Kier molecular flexibility index (Phi) is 6.08. The monoisotopic (exact) mass is 407 g/mol. The number of carbonyl (C=O) groups excluding carboxylic acids is 1. The molecule has 30 heavy (non-hydrogen) atoms. The molecule has 0 aliphatic heterocycles. The molecule has 0 aliphatic rings. The van der Waals surface area contributed by atoms with Crippen LogP contribution in [0.25, 0.3) is 22.4 Å². The molecular weight excluding hydrogens is 386 g/mol. The summed E-state index contributed by atoms with van der Waals surface area (Å²) in [5, 5.41) is 25.7. The summed E-state index contributed by atoms with van der Waals surface area (Å²) in [6.07, 6.45) is -1.36. The summed E-state index contributed by atoms with van der Waals surface area (Å²) in [6.45, 7) is 1.25. The molecule has 1 heterocycles. The van der Waals surface area contributed by atoms with E-state index in [1.165, 1.54) is 14.0 Å². The summed E-state index contributed by atoms with van der Waals surface area (Å²) < 4.78 is 1.04. The van der Waals surface area contributed by atoms with Crippen LogP contribution in [0.4, 0.5) is 0 Å². The number of aromatic nitrogens is 2. The fourth-order valence-electron chi connectivity index (χ4n) is 3.13. The molecule has 3 rings (SSSR count). The van der Waals surface area contributed by atoms with Crippen molar-refractivity contribution < 1.29 is 19.8 Å². The van der Waals surface area contributed by atoms with Crippen LogP contribution in [0.1, 0.15) is 17.3 Å². The Morgan fingerprint density at radius 3 is 2.03 bits per heavy atom. The normalized spacial score (nSPS) is 12.8. The minimum atomic E-state index is -1.57. The molecule has 0 fully saturated rings. The number of carboxylic acids is 1. The van der Waals surface area contributed by atoms with Crippen molar-refractivity contribution in [3.05, 3.63) is 76.6 Å². The van der Waals surface area contributed by atoms with Crippen LogP contribution in [0, 0.1) is 0 Å². The number of hydrogen-bond donors (Lipinski definition) is 3. The molecular formula is C22H21N3O5. The van der Waals surface area contributed by atoms with Gasteiger partial charge in [0, 0.05) is 18.2 Å². The standard InChI is InChI=1S/C22H21N3O5/c1-13(26)18(22(29)30)23-20(27)17-16(14-9-5-3-6-10-14)19(24-25(2)21(17)28)15-11-7-4-8-12-15/h3-13,18,26H,1-2H3,(H,23,27)(H,29,30). The van der Waals surface area contributed by atoms with Crippen molar-refractivity contribution in [2.75, 3.05) is 0 Å². The van der Waals surface area contributed by atoms with E-state index in [4.69, 9.17) is 0 Å². The summed E-state index contributed by atoms with van der Waals surface area (Å²) >= 11 is 0. The average molecular weight is 407 g/mol. The summed E-state index contributed by atoms with van der Waals surface area (Å²) in [6, 6.07) is 16.3. The van der Waals surface area contributed by atoms with Crippen molar-refractivity contribution in [2.24, 2.45) is 7.05 Å². The molecule has 0 radical (unpaired) electrons. The zero-order chi connectivity index (χ0) is 21.8. The molecule has 0 saturated heterocycles. The Hall–Kier alpha value is -3.78. The number of rotatable bonds is 6. The molecule has 0 bridgehead atoms. The van der Waals surface area contributed by atoms with Crippen LogP contribution in [0.3, 0.4) is 0 Å². The van der Waals surface area contributed by atoms with Crippen LogP contribution in [0.5, 0.6) is 0 Å². The van der Waals surface area contributed by atoms with Crippen LogP contribution >= 0.6 is 0 Å². The maximum atomic E-state index is 13.1. The number of amides is 1. The number of nitrogens with one attached hydrogen (secondary N) is 1. The van der Waals surface area contributed by atoms with Gasteiger partial charge in [0.25, 0.3) is 11.5 Å². The van der Waals surface area contributed by atoms with E-state index < -0.39 is 29.6 Å². The highest BCUT2D eigenvalue weighted by Gasteiger charge is 2.30. The average Bonchev–Trinajstić information content (AvgIpc) is 2.74. The number of nitrogens with zero attached hydrogens (tertiary/aromatic N) is 2. The number of benzene rings is 2. The van der Waals surface area contributed by atoms with E-state index >= 15 is 0 Å². The number of aliphatic hydroxyl groups is 1. The summed E-state index contributed by atoms with van der Waals surface area (Å²) in [4.78, 5) is 37.5. The number of hydrogen-bond acceptors (Lipinski definition) is 5. The number of carboxylic acid groups (broad SMARTS) is 1. The Bertz CT molecular complexity index is 1120. The Morgan fingerprint density at radius 1 is 1.00 bits per heavy atom. The van der Waals surface area contributed by atoms with Crippen molar-refractivity contribution in [3.63, 3.8) is 0 Å². The maximum absolute atomic E-state index is 13.1. The molecule has 154 valence electrons. The van der Waals surface area contributed by atoms with E-state index in [0.29, 0.717) is 16.8 Å². The number of aryl methyl sites for hydroxylation is 1. The van der Waals surface area contributed by atoms with Crippen LogP contribution in [0.15, 0.2) is 65.5 Å². The zero-order valence-electron chi connectivity index (χ0n) is 16.4. The molecule has 8 heteroatoms. The van der Waals surface area contributed by atoms with Gasteiger partial charge in [-0.1, -0.05) is 60.7 Å². The largest absolute Gasteiger partial charge is 0.480 e. The van der Waals surface area contributed by atoms with Gasteiger partial charge < -0.3 is 15.5 Å². The van der Waals surface area contributed by atoms with E-state index in [1.54, 1.807) is 42.5 Å². The maximum Gasteiger partial charge on any atom is 0.328 e. The molecule has 0 aliphatic carbocycles. The van der Waals surface area contributed by atoms with Gasteiger partial charge in [-0.3, -0.25) is 9.59 Å². The lowest BCUT2D eigenvalue weighted by atomic mass is 9.95. The molecule has 1 aromatic heterocycles. The van der Waals surface area contributed by atoms with Gasteiger partial charge in [-0.2, -0.15) is 5.10 Å². The van der Waals surface area contributed by atoms with E-state index in [1.807, 2.05) is 18.2 Å². The topological polar surface area (TPSA) is 122 Å². The minimum absolute atomic E-state index is 0.246. The highest BCUT2D eigenvalue weighted by Crippen LogP contribution is 2.31. The number of aliphatic hydroxyl groups excluding tert-OH is 1. The summed E-state index contributed by atoms with van der Waals surface area (Å²) in [7, 11) is 1.42. The Balaban J connectivity index is 2.29. The van der Waals surface area contributed by atoms with Gasteiger partial charge in [0.1, 0.15) is 5.56 Å². The molecule has 2 atom stereocenters. The summed E-state index contributed by atoms with van der Waals surface area (Å²) in [5.74, 6) is -2.31. The second-order valence-corrected chi connectivity index (χ2v) is 6.79. The molecule has 2 aromatic carbocycles. The van der Waals surface area contributed by atoms with Crippen LogP contribution in [0.2, 0.25) is 0 Å². The third-order valence-corrected chi connectivity index (χ3v) is 4.62. The third kappa shape index (κ3) is 4.13. The first-order valence-corrected chi connectivity index (χ1v) is 9.25. The van der Waals surface area contributed by atoms with Crippen molar-refractivity contribution in [1.29, 1.82) is 0 Å². The number of carbonyl (C=O) groups is 2. The molecule has 3 N–H and O–H groups in total. The Labute approximate surface area is 172 Å². The SMILES string of the molecule is CC(O)C(NC(=O)c1c(-c2ccccc2)c(-c2ccccc2)nn(C)c1=O)C(=O)O. The molecule has 8 nitrogen and oxygen atoms in total. The Morgan fingerprint density at radius 2 is 1.53 bits per heavy atom. The smallest absolute Gasteiger partial charge is 0.328 e. The van der Waals surface area contributed by atoms with Gasteiger partial charge in [-0.05, 0) is 12.5 Å². The first-order valence-electron chi connectivity index (χ1n) is 9.25. The molecule has 2 unspecified atom stereocenters. The lowest BCUT2D eigenvalue weighted by molar-refractivity contribution is -0.141. The highest BCUT2D eigenvalue weighted by atomic mass is 16.4. The van der Waals surface area contributed by atoms with E-state index in [2.05, 4.69) is 10.4 Å². The van der Waals surface area contributed by atoms with E-state index in [0.717, 1.165) is 4.68 Å². The zero-order valence-corrected chi connectivity index (χ0v) is 16.4.